The molecule has 0 amide bonds. The molecule has 3 fully saturated rings. The average molecular weight is 444 g/mol. The summed E-state index contributed by atoms with van der Waals surface area (Å²) in [4.78, 5) is 12.4. The predicted octanol–water partition coefficient (Wildman–Crippen LogP) is 3.25. The van der Waals surface area contributed by atoms with Gasteiger partial charge in [-0.1, -0.05) is 64.7 Å². The van der Waals surface area contributed by atoms with Crippen LogP contribution in [0.25, 0.3) is 0 Å². The minimum atomic E-state index is -2.41. The number of allylic oxidation sites excluding steroid dienone is 2. The van der Waals surface area contributed by atoms with Crippen LogP contribution in [0.1, 0.15) is 91.9 Å². The summed E-state index contributed by atoms with van der Waals surface area (Å²) < 4.78 is 25.1. The normalized spacial score (nSPS) is 32.9. The van der Waals surface area contributed by atoms with E-state index in [0.29, 0.717) is 11.7 Å². The molecule has 0 saturated heterocycles. The Morgan fingerprint density at radius 3 is 2.38 bits per heavy atom. The van der Waals surface area contributed by atoms with Gasteiger partial charge in [-0.15, -0.1) is 6.42 Å². The first-order valence-electron chi connectivity index (χ1n) is 12.3. The Morgan fingerprint density at radius 2 is 1.78 bits per heavy atom. The van der Waals surface area contributed by atoms with Crippen molar-refractivity contribution in [2.45, 2.75) is 97.8 Å². The average Bonchev–Trinajstić information content (AvgIpc) is 3.09. The summed E-state index contributed by atoms with van der Waals surface area (Å²) in [6.07, 6.45) is 13.5. The van der Waals surface area contributed by atoms with Gasteiger partial charge in [-0.3, -0.25) is 6.08 Å². The number of alkyl halides is 2. The van der Waals surface area contributed by atoms with Gasteiger partial charge in [-0.25, -0.2) is 15.3 Å². The number of Topliss-reactive ketones (excluding diaryl/α,β-unsaturated/α-hetero) is 1. The number of nitrogens with two attached hydrogens (primary N) is 1. The number of ketones is 1. The fourth-order valence-corrected chi connectivity index (χ4v) is 6.27. The van der Waals surface area contributed by atoms with Crippen LogP contribution in [0.4, 0.5) is 8.78 Å². The summed E-state index contributed by atoms with van der Waals surface area (Å²) in [5.41, 5.74) is 3.70. The van der Waals surface area contributed by atoms with Gasteiger partial charge in [0.2, 0.25) is 5.92 Å². The number of hydrogen-bond donors (Lipinski definition) is 2. The second-order valence-electron chi connectivity index (χ2n) is 11.5. The minimum absolute atomic E-state index is 0. The topological polar surface area (TPSA) is 55.1 Å². The van der Waals surface area contributed by atoms with Crippen LogP contribution in [-0.2, 0) is 4.79 Å². The molecule has 0 aromatic rings. The Balaban J connectivity index is 0.000000232. The molecule has 32 heavy (non-hydrogen) atoms. The smallest absolute Gasteiger partial charge is 0.410 e. The van der Waals surface area contributed by atoms with Crippen LogP contribution in [0.5, 0.6) is 0 Å². The van der Waals surface area contributed by atoms with Crippen LogP contribution in [-0.4, -0.2) is 11.7 Å². The van der Waals surface area contributed by atoms with E-state index in [2.05, 4.69) is 25.3 Å². The van der Waals surface area contributed by atoms with Crippen molar-refractivity contribution in [3.8, 4) is 0 Å². The van der Waals surface area contributed by atoms with Gasteiger partial charge < -0.3 is 16.1 Å². The first-order valence-corrected chi connectivity index (χ1v) is 12.3. The van der Waals surface area contributed by atoms with Crippen LogP contribution in [0.15, 0.2) is 5.57 Å². The molecule has 4 rings (SSSR count). The van der Waals surface area contributed by atoms with Crippen molar-refractivity contribution in [3.05, 3.63) is 18.2 Å². The van der Waals surface area contributed by atoms with Crippen molar-refractivity contribution in [2.24, 2.45) is 46.8 Å². The minimum Gasteiger partial charge on any atom is -0.410 e. The quantitative estimate of drug-likeness (QED) is 0.297. The number of hydrogen-bond acceptors (Lipinski definition) is 3. The monoisotopic (exact) mass is 443 g/mol. The van der Waals surface area contributed by atoms with Crippen molar-refractivity contribution >= 4 is 5.78 Å². The van der Waals surface area contributed by atoms with Gasteiger partial charge in [0.25, 0.3) is 0 Å². The van der Waals surface area contributed by atoms with Gasteiger partial charge in [0.15, 0.2) is 0 Å². The molecule has 0 aromatic carbocycles. The molecule has 6 heteroatoms. The Morgan fingerprint density at radius 1 is 1.12 bits per heavy atom. The van der Waals surface area contributed by atoms with E-state index in [0.717, 1.165) is 30.3 Å². The Labute approximate surface area is 206 Å². The van der Waals surface area contributed by atoms with Crippen molar-refractivity contribution in [1.82, 2.24) is 5.43 Å². The maximum atomic E-state index is 12.5. The van der Waals surface area contributed by atoms with Gasteiger partial charge in [-0.05, 0) is 42.9 Å². The SMILES string of the molecule is CC([CH-]NN)C(C)C1CC(F)(F)C1.CC1(C)C[C-]=C(C2CCC3CCCCC32)C(=O)C1.[Li+]. The van der Waals surface area contributed by atoms with Gasteiger partial charge in [-0.2, -0.15) is 11.5 Å². The van der Waals surface area contributed by atoms with E-state index in [9.17, 15) is 13.6 Å². The van der Waals surface area contributed by atoms with E-state index >= 15 is 0 Å². The zero-order valence-electron chi connectivity index (χ0n) is 20.9. The van der Waals surface area contributed by atoms with Gasteiger partial charge in [0.1, 0.15) is 0 Å². The van der Waals surface area contributed by atoms with E-state index in [4.69, 9.17) is 5.84 Å². The Kier molecular flexibility index (Phi) is 10.1. The Bertz CT molecular complexity index is 658. The number of rotatable bonds is 5. The number of fused-ring (bicyclic) bond motifs is 1. The fourth-order valence-electron chi connectivity index (χ4n) is 6.27. The summed E-state index contributed by atoms with van der Waals surface area (Å²) >= 11 is 0. The second-order valence-corrected chi connectivity index (χ2v) is 11.5. The van der Waals surface area contributed by atoms with Crippen molar-refractivity contribution in [1.29, 1.82) is 0 Å². The predicted molar refractivity (Wildman–Crippen MR) is 121 cm³/mol. The zero-order chi connectivity index (χ0) is 22.8. The molecule has 0 radical (unpaired) electrons. The third-order valence-corrected chi connectivity index (χ3v) is 8.45. The van der Waals surface area contributed by atoms with E-state index in [-0.39, 0.29) is 54.9 Å². The molecule has 0 heterocycles. The molecule has 178 valence electrons. The molecule has 4 aliphatic carbocycles. The molecule has 3 nitrogen and oxygen atoms in total. The largest absolute Gasteiger partial charge is 1.00 e. The van der Waals surface area contributed by atoms with Crippen molar-refractivity contribution in [3.63, 3.8) is 0 Å². The van der Waals surface area contributed by atoms with Crippen LogP contribution >= 0.6 is 0 Å². The molecular formula is C26H42F2LiN2O-. The van der Waals surface area contributed by atoms with Gasteiger partial charge >= 0.3 is 18.9 Å². The molecule has 5 atom stereocenters. The third-order valence-electron chi connectivity index (χ3n) is 8.45. The van der Waals surface area contributed by atoms with E-state index < -0.39 is 5.92 Å². The molecular weight excluding hydrogens is 401 g/mol. The van der Waals surface area contributed by atoms with Crippen LogP contribution < -0.4 is 30.1 Å². The standard InChI is InChI=1S/C17H25O.C9H17F2N2.Li/c1-17(2)10-9-15(16(18)11-17)14-8-7-12-5-3-4-6-13(12)14;1-6(5-13-12)7(2)8-3-9(10,11)4-8;/h12-14H,3-8,10-11H2,1-2H3;5-8,13H,3-4,12H2,1-2H3;/q2*-1;+1. The van der Waals surface area contributed by atoms with E-state index in [1.807, 2.05) is 13.8 Å². The van der Waals surface area contributed by atoms with Gasteiger partial charge in [0.05, 0.1) is 0 Å². The number of nitrogens with one attached hydrogen (secondary N) is 1. The molecule has 0 aromatic heterocycles. The second kappa shape index (κ2) is 11.5. The van der Waals surface area contributed by atoms with Gasteiger partial charge in [0, 0.05) is 18.6 Å². The maximum absolute atomic E-state index is 12.5. The van der Waals surface area contributed by atoms with Crippen LogP contribution in [0.3, 0.4) is 0 Å². The number of carbonyl (C=O) groups excluding carboxylic acids is 1. The number of carbonyl (C=O) groups is 1. The summed E-state index contributed by atoms with van der Waals surface area (Å²) in [5.74, 6) is 6.08. The fraction of sp³-hybridized carbons (Fsp3) is 0.846. The number of halogens is 2. The number of hydrazine groups is 1. The molecule has 0 bridgehead atoms. The van der Waals surface area contributed by atoms with Crippen molar-refractivity contribution in [2.75, 3.05) is 0 Å². The molecule has 5 unspecified atom stereocenters. The summed E-state index contributed by atoms with van der Waals surface area (Å²) in [6.45, 7) is 10.1. The molecule has 3 N–H and O–H groups in total. The molecule has 3 saturated carbocycles. The summed E-state index contributed by atoms with van der Waals surface area (Å²) in [6, 6.07) is 0. The van der Waals surface area contributed by atoms with Crippen LogP contribution in [0, 0.1) is 53.5 Å². The Hall–Kier alpha value is -0.213. The summed E-state index contributed by atoms with van der Waals surface area (Å²) in [5, 5.41) is 0. The maximum Gasteiger partial charge on any atom is 1.00 e. The molecule has 0 spiro atoms. The van der Waals surface area contributed by atoms with Crippen molar-refractivity contribution < 1.29 is 32.4 Å². The van der Waals surface area contributed by atoms with E-state index in [1.165, 1.54) is 38.5 Å². The van der Waals surface area contributed by atoms with Crippen LogP contribution in [0.2, 0.25) is 0 Å². The first-order chi connectivity index (χ1) is 14.5. The molecule has 4 aliphatic rings. The van der Waals surface area contributed by atoms with E-state index in [1.54, 1.807) is 6.54 Å². The molecule has 0 aliphatic heterocycles. The zero-order valence-corrected chi connectivity index (χ0v) is 20.9. The third kappa shape index (κ3) is 6.91. The summed E-state index contributed by atoms with van der Waals surface area (Å²) in [7, 11) is 0. The first kappa shape index (κ1) is 28.0.